The first-order valence-corrected chi connectivity index (χ1v) is 6.96. The summed E-state index contributed by atoms with van der Waals surface area (Å²) < 4.78 is 29.1. The van der Waals surface area contributed by atoms with Crippen LogP contribution in [0.2, 0.25) is 0 Å². The molecule has 0 atom stereocenters. The third-order valence-electron chi connectivity index (χ3n) is 1.87. The highest BCUT2D eigenvalue weighted by atomic mass is 32.2. The molecule has 0 saturated heterocycles. The van der Waals surface area contributed by atoms with Gasteiger partial charge in [0.15, 0.2) is 0 Å². The monoisotopic (exact) mass is 266 g/mol. The molecule has 17 heavy (non-hydrogen) atoms. The second kappa shape index (κ2) is 6.32. The molecular weight excluding hydrogens is 244 g/mol. The Morgan fingerprint density at radius 1 is 1.29 bits per heavy atom. The van der Waals surface area contributed by atoms with Gasteiger partial charge in [0.2, 0.25) is 15.9 Å². The molecule has 0 aromatic heterocycles. The Labute approximate surface area is 103 Å². The zero-order valence-corrected chi connectivity index (χ0v) is 11.9. The van der Waals surface area contributed by atoms with Crippen molar-refractivity contribution in [3.05, 3.63) is 0 Å². The van der Waals surface area contributed by atoms with Crippen LogP contribution in [0.1, 0.15) is 20.8 Å². The van der Waals surface area contributed by atoms with E-state index in [0.717, 1.165) is 4.31 Å². The van der Waals surface area contributed by atoms with E-state index in [-0.39, 0.29) is 30.4 Å². The zero-order valence-electron chi connectivity index (χ0n) is 11.1. The molecule has 0 spiro atoms. The molecule has 0 aromatic carbocycles. The van der Waals surface area contributed by atoms with Gasteiger partial charge in [0.05, 0.1) is 11.4 Å². The molecule has 1 amide bonds. The van der Waals surface area contributed by atoms with Crippen molar-refractivity contribution >= 4 is 15.9 Å². The second-order valence-electron chi connectivity index (χ2n) is 4.85. The van der Waals surface area contributed by atoms with E-state index in [1.54, 1.807) is 0 Å². The summed E-state index contributed by atoms with van der Waals surface area (Å²) >= 11 is 0. The van der Waals surface area contributed by atoms with Crippen molar-refractivity contribution in [1.82, 2.24) is 9.62 Å². The molecule has 0 aliphatic heterocycles. The summed E-state index contributed by atoms with van der Waals surface area (Å²) in [5.41, 5.74) is -0.382. The van der Waals surface area contributed by atoms with Crippen LogP contribution in [-0.4, -0.2) is 57.2 Å². The number of nitrogens with zero attached hydrogens (tertiary/aromatic N) is 1. The quantitative estimate of drug-likeness (QED) is 0.723. The average Bonchev–Trinajstić information content (AvgIpc) is 2.13. The molecule has 102 valence electrons. The number of hydrogen-bond donors (Lipinski definition) is 1. The summed E-state index contributed by atoms with van der Waals surface area (Å²) in [6.45, 7) is 5.56. The predicted molar refractivity (Wildman–Crippen MR) is 66.2 cm³/mol. The highest BCUT2D eigenvalue weighted by Gasteiger charge is 2.15. The molecular formula is C10H22N2O4S. The number of carbonyl (C=O) groups excluding carboxylic acids is 1. The third-order valence-corrected chi connectivity index (χ3v) is 3.71. The lowest BCUT2D eigenvalue weighted by atomic mass is 10.2. The van der Waals surface area contributed by atoms with Crippen LogP contribution in [0.15, 0.2) is 0 Å². The summed E-state index contributed by atoms with van der Waals surface area (Å²) in [5.74, 6) is -0.421. The number of sulfonamides is 1. The molecule has 0 fully saturated rings. The molecule has 6 nitrogen and oxygen atoms in total. The zero-order chi connectivity index (χ0) is 13.7. The highest BCUT2D eigenvalue weighted by molar-refractivity contribution is 7.89. The molecule has 0 saturated carbocycles. The van der Waals surface area contributed by atoms with Gasteiger partial charge in [0, 0.05) is 20.6 Å². The topological polar surface area (TPSA) is 75.7 Å². The lowest BCUT2D eigenvalue weighted by molar-refractivity contribution is -0.130. The van der Waals surface area contributed by atoms with Crippen molar-refractivity contribution in [2.75, 3.05) is 33.0 Å². The predicted octanol–water partition coefficient (Wildman–Crippen LogP) is -0.191. The van der Waals surface area contributed by atoms with Crippen LogP contribution in [0.4, 0.5) is 0 Å². The maximum absolute atomic E-state index is 11.4. The van der Waals surface area contributed by atoms with E-state index in [1.165, 1.54) is 14.1 Å². The number of nitrogens with one attached hydrogen (secondary N) is 1. The van der Waals surface area contributed by atoms with Gasteiger partial charge in [-0.05, 0) is 20.8 Å². The number of rotatable bonds is 6. The van der Waals surface area contributed by atoms with Gasteiger partial charge in [0.25, 0.3) is 0 Å². The van der Waals surface area contributed by atoms with Gasteiger partial charge in [-0.1, -0.05) is 0 Å². The first-order chi connectivity index (χ1) is 7.54. The van der Waals surface area contributed by atoms with Crippen molar-refractivity contribution in [3.63, 3.8) is 0 Å². The summed E-state index contributed by atoms with van der Waals surface area (Å²) in [5, 5.41) is 2.50. The van der Waals surface area contributed by atoms with Crippen molar-refractivity contribution in [2.24, 2.45) is 0 Å². The van der Waals surface area contributed by atoms with E-state index >= 15 is 0 Å². The molecule has 0 bridgehead atoms. The lowest BCUT2D eigenvalue weighted by Crippen LogP contribution is -2.37. The first kappa shape index (κ1) is 16.3. The van der Waals surface area contributed by atoms with Crippen LogP contribution >= 0.6 is 0 Å². The van der Waals surface area contributed by atoms with Gasteiger partial charge < -0.3 is 10.1 Å². The molecule has 0 aliphatic rings. The molecule has 0 aromatic rings. The third kappa shape index (κ3) is 8.12. The van der Waals surface area contributed by atoms with E-state index in [2.05, 4.69) is 5.32 Å². The Kier molecular flexibility index (Phi) is 6.08. The Balaban J connectivity index is 3.88. The molecule has 0 unspecified atom stereocenters. The first-order valence-electron chi connectivity index (χ1n) is 5.35. The fourth-order valence-corrected chi connectivity index (χ4v) is 1.56. The van der Waals surface area contributed by atoms with Gasteiger partial charge in [-0.3, -0.25) is 4.79 Å². The maximum Gasteiger partial charge on any atom is 0.246 e. The van der Waals surface area contributed by atoms with Gasteiger partial charge in [-0.15, -0.1) is 0 Å². The fraction of sp³-hybridized carbons (Fsp3) is 0.900. The number of hydrogen-bond acceptors (Lipinski definition) is 4. The van der Waals surface area contributed by atoms with E-state index in [0.29, 0.717) is 0 Å². The molecule has 0 aliphatic carbocycles. The Morgan fingerprint density at radius 2 is 1.82 bits per heavy atom. The van der Waals surface area contributed by atoms with E-state index in [9.17, 15) is 13.2 Å². The smallest absolute Gasteiger partial charge is 0.246 e. The van der Waals surface area contributed by atoms with Gasteiger partial charge in [-0.25, -0.2) is 12.7 Å². The molecule has 0 heterocycles. The molecule has 0 radical (unpaired) electrons. The summed E-state index contributed by atoms with van der Waals surface area (Å²) in [7, 11) is -0.343. The van der Waals surface area contributed by atoms with Gasteiger partial charge >= 0.3 is 0 Å². The standard InChI is InChI=1S/C10H22N2O4S/c1-10(2,3)16-8-9(13)11-6-7-17(14,15)12(4)5/h6-8H2,1-5H3,(H,11,13). The second-order valence-corrected chi connectivity index (χ2v) is 7.15. The van der Waals surface area contributed by atoms with Crippen molar-refractivity contribution < 1.29 is 17.9 Å². The van der Waals surface area contributed by atoms with Crippen LogP contribution < -0.4 is 5.32 Å². The summed E-state index contributed by atoms with van der Waals surface area (Å²) in [6, 6.07) is 0. The fourth-order valence-electron chi connectivity index (χ4n) is 0.835. The summed E-state index contributed by atoms with van der Waals surface area (Å²) in [4.78, 5) is 11.3. The SMILES string of the molecule is CN(C)S(=O)(=O)CCNC(=O)COC(C)(C)C. The maximum atomic E-state index is 11.4. The van der Waals surface area contributed by atoms with Crippen molar-refractivity contribution in [1.29, 1.82) is 0 Å². The van der Waals surface area contributed by atoms with E-state index in [1.807, 2.05) is 20.8 Å². The molecule has 7 heteroatoms. The Bertz CT molecular complexity index is 344. The minimum Gasteiger partial charge on any atom is -0.366 e. The van der Waals surface area contributed by atoms with E-state index < -0.39 is 10.0 Å². The Hall–Kier alpha value is -0.660. The number of amides is 1. The highest BCUT2D eigenvalue weighted by Crippen LogP contribution is 2.05. The van der Waals surface area contributed by atoms with Crippen LogP contribution in [0.5, 0.6) is 0 Å². The lowest BCUT2D eigenvalue weighted by Gasteiger charge is -2.19. The number of ether oxygens (including phenoxy) is 1. The van der Waals surface area contributed by atoms with Gasteiger partial charge in [-0.2, -0.15) is 0 Å². The van der Waals surface area contributed by atoms with E-state index in [4.69, 9.17) is 4.74 Å². The number of carbonyl (C=O) groups is 1. The average molecular weight is 266 g/mol. The van der Waals surface area contributed by atoms with Crippen LogP contribution in [-0.2, 0) is 19.6 Å². The Morgan fingerprint density at radius 3 is 2.24 bits per heavy atom. The van der Waals surface area contributed by atoms with Gasteiger partial charge in [0.1, 0.15) is 6.61 Å². The largest absolute Gasteiger partial charge is 0.366 e. The van der Waals surface area contributed by atoms with Crippen LogP contribution in [0.3, 0.4) is 0 Å². The normalized spacial score (nSPS) is 12.8. The minimum absolute atomic E-state index is 0.0640. The van der Waals surface area contributed by atoms with Crippen molar-refractivity contribution in [3.8, 4) is 0 Å². The summed E-state index contributed by atoms with van der Waals surface area (Å²) in [6.07, 6.45) is 0. The minimum atomic E-state index is -3.26. The van der Waals surface area contributed by atoms with Crippen LogP contribution in [0.25, 0.3) is 0 Å². The molecule has 0 rings (SSSR count). The van der Waals surface area contributed by atoms with Crippen LogP contribution in [0, 0.1) is 0 Å². The van der Waals surface area contributed by atoms with Crippen molar-refractivity contribution in [2.45, 2.75) is 26.4 Å². The molecule has 1 N–H and O–H groups in total.